The number of nitrogens with zero attached hydrogens (tertiary/aromatic N) is 1. The molecule has 0 fully saturated rings. The molecule has 0 spiro atoms. The second-order valence-electron chi connectivity index (χ2n) is 7.28. The monoisotopic (exact) mass is 457 g/mol. The van der Waals surface area contributed by atoms with E-state index in [2.05, 4.69) is 15.6 Å². The number of benzene rings is 2. The number of hydrogen-bond donors (Lipinski definition) is 2. The number of aromatic nitrogens is 1. The maximum atomic E-state index is 12.2. The predicted octanol–water partition coefficient (Wildman–Crippen LogP) is 4.20. The summed E-state index contributed by atoms with van der Waals surface area (Å²) in [7, 11) is 0. The smallest absolute Gasteiger partial charge is 0.291 e. The largest absolute Gasteiger partial charge is 0.487 e. The van der Waals surface area contributed by atoms with Gasteiger partial charge in [-0.1, -0.05) is 24.3 Å². The number of furan rings is 1. The Labute approximate surface area is 196 Å². The molecule has 34 heavy (non-hydrogen) atoms. The number of hydrogen-bond acceptors (Lipinski definition) is 6. The van der Waals surface area contributed by atoms with Crippen LogP contribution in [0.1, 0.15) is 21.8 Å². The van der Waals surface area contributed by atoms with Crippen LogP contribution in [0.4, 0.5) is 5.69 Å². The molecule has 2 aromatic carbocycles. The van der Waals surface area contributed by atoms with Crippen LogP contribution < -0.4 is 20.1 Å². The SMILES string of the molecule is O=C(COc1cccc(NC(=O)c2ccco2)c1)NCc1ccc(OCc2ccccn2)cc1. The van der Waals surface area contributed by atoms with E-state index in [1.54, 1.807) is 42.6 Å². The molecular formula is C26H23N3O5. The van der Waals surface area contributed by atoms with Crippen molar-refractivity contribution in [3.63, 3.8) is 0 Å². The molecular weight excluding hydrogens is 434 g/mol. The number of pyridine rings is 1. The minimum atomic E-state index is -0.368. The van der Waals surface area contributed by atoms with Crippen molar-refractivity contribution in [1.82, 2.24) is 10.3 Å². The summed E-state index contributed by atoms with van der Waals surface area (Å²) >= 11 is 0. The van der Waals surface area contributed by atoms with E-state index in [4.69, 9.17) is 13.9 Å². The van der Waals surface area contributed by atoms with Gasteiger partial charge in [0.15, 0.2) is 12.4 Å². The van der Waals surface area contributed by atoms with Crippen LogP contribution >= 0.6 is 0 Å². The Balaban J connectivity index is 1.19. The number of carbonyl (C=O) groups is 2. The van der Waals surface area contributed by atoms with Gasteiger partial charge in [-0.15, -0.1) is 0 Å². The van der Waals surface area contributed by atoms with Crippen molar-refractivity contribution in [2.24, 2.45) is 0 Å². The quantitative estimate of drug-likeness (QED) is 0.370. The molecule has 0 bridgehead atoms. The molecule has 2 heterocycles. The van der Waals surface area contributed by atoms with Crippen LogP contribution in [0, 0.1) is 0 Å². The zero-order valence-electron chi connectivity index (χ0n) is 18.3. The van der Waals surface area contributed by atoms with Gasteiger partial charge in [0.1, 0.15) is 18.1 Å². The lowest BCUT2D eigenvalue weighted by molar-refractivity contribution is -0.123. The normalized spacial score (nSPS) is 10.4. The van der Waals surface area contributed by atoms with Crippen LogP contribution in [0.15, 0.2) is 95.7 Å². The lowest BCUT2D eigenvalue weighted by atomic mass is 10.2. The Morgan fingerprint density at radius 3 is 2.53 bits per heavy atom. The maximum absolute atomic E-state index is 12.2. The van der Waals surface area contributed by atoms with E-state index in [0.29, 0.717) is 24.6 Å². The van der Waals surface area contributed by atoms with Crippen molar-refractivity contribution < 1.29 is 23.5 Å². The lowest BCUT2D eigenvalue weighted by Gasteiger charge is -2.10. The zero-order chi connectivity index (χ0) is 23.6. The van der Waals surface area contributed by atoms with Crippen LogP contribution in [0.25, 0.3) is 0 Å². The molecule has 0 saturated carbocycles. The molecule has 2 N–H and O–H groups in total. The summed E-state index contributed by atoms with van der Waals surface area (Å²) in [6.45, 7) is 0.602. The van der Waals surface area contributed by atoms with Crippen molar-refractivity contribution in [2.45, 2.75) is 13.2 Å². The number of rotatable bonds is 10. The van der Waals surface area contributed by atoms with Gasteiger partial charge in [-0.05, 0) is 54.1 Å². The third-order valence-corrected chi connectivity index (χ3v) is 4.73. The molecule has 0 radical (unpaired) electrons. The fourth-order valence-corrected chi connectivity index (χ4v) is 3.01. The summed E-state index contributed by atoms with van der Waals surface area (Å²) in [4.78, 5) is 28.5. The molecule has 0 aliphatic heterocycles. The first-order chi connectivity index (χ1) is 16.7. The first kappa shape index (κ1) is 22.6. The van der Waals surface area contributed by atoms with Crippen LogP contribution in [0.5, 0.6) is 11.5 Å². The molecule has 8 heteroatoms. The lowest BCUT2D eigenvalue weighted by Crippen LogP contribution is -2.28. The summed E-state index contributed by atoms with van der Waals surface area (Å²) in [5.74, 6) is 0.761. The van der Waals surface area contributed by atoms with E-state index in [1.165, 1.54) is 6.26 Å². The van der Waals surface area contributed by atoms with E-state index >= 15 is 0 Å². The first-order valence-electron chi connectivity index (χ1n) is 10.6. The Hall–Kier alpha value is -4.59. The number of ether oxygens (including phenoxy) is 2. The second-order valence-corrected chi connectivity index (χ2v) is 7.28. The molecule has 0 aliphatic carbocycles. The maximum Gasteiger partial charge on any atom is 0.291 e. The fraction of sp³-hybridized carbons (Fsp3) is 0.115. The minimum absolute atomic E-state index is 0.152. The molecule has 4 rings (SSSR count). The van der Waals surface area contributed by atoms with Gasteiger partial charge in [0.05, 0.1) is 12.0 Å². The highest BCUT2D eigenvalue weighted by Crippen LogP contribution is 2.18. The number of amides is 2. The second kappa shape index (κ2) is 11.3. The van der Waals surface area contributed by atoms with Crippen LogP contribution in [-0.4, -0.2) is 23.4 Å². The molecule has 0 aliphatic rings. The molecule has 0 unspecified atom stereocenters. The molecule has 0 atom stereocenters. The Morgan fingerprint density at radius 1 is 0.882 bits per heavy atom. The summed E-state index contributed by atoms with van der Waals surface area (Å²) < 4.78 is 16.3. The minimum Gasteiger partial charge on any atom is -0.487 e. The van der Waals surface area contributed by atoms with Gasteiger partial charge in [-0.2, -0.15) is 0 Å². The van der Waals surface area contributed by atoms with E-state index in [9.17, 15) is 9.59 Å². The number of anilines is 1. The topological polar surface area (TPSA) is 103 Å². The van der Waals surface area contributed by atoms with Crippen molar-refractivity contribution in [1.29, 1.82) is 0 Å². The van der Waals surface area contributed by atoms with Gasteiger partial charge in [0, 0.05) is 24.5 Å². The molecule has 0 saturated heterocycles. The first-order valence-corrected chi connectivity index (χ1v) is 10.6. The van der Waals surface area contributed by atoms with Crippen molar-refractivity contribution in [3.05, 3.63) is 108 Å². The van der Waals surface area contributed by atoms with Gasteiger partial charge < -0.3 is 24.5 Å². The molecule has 4 aromatic rings. The highest BCUT2D eigenvalue weighted by molar-refractivity contribution is 6.02. The predicted molar refractivity (Wildman–Crippen MR) is 125 cm³/mol. The van der Waals surface area contributed by atoms with E-state index in [1.807, 2.05) is 42.5 Å². The van der Waals surface area contributed by atoms with Crippen LogP contribution in [0.3, 0.4) is 0 Å². The zero-order valence-corrected chi connectivity index (χ0v) is 18.3. The van der Waals surface area contributed by atoms with Crippen molar-refractivity contribution in [3.8, 4) is 11.5 Å². The van der Waals surface area contributed by atoms with Gasteiger partial charge in [0.2, 0.25) is 0 Å². The van der Waals surface area contributed by atoms with Crippen molar-refractivity contribution in [2.75, 3.05) is 11.9 Å². The Bertz CT molecular complexity index is 1210. The molecule has 2 aromatic heterocycles. The van der Waals surface area contributed by atoms with Gasteiger partial charge >= 0.3 is 0 Å². The standard InChI is InChI=1S/C26H23N3O5/c30-25(18-34-23-7-3-6-20(15-23)29-26(31)24-8-4-14-32-24)28-16-19-9-11-22(12-10-19)33-17-21-5-1-2-13-27-21/h1-15H,16-18H2,(H,28,30)(H,29,31). The van der Waals surface area contributed by atoms with Crippen LogP contribution in [0.2, 0.25) is 0 Å². The summed E-state index contributed by atoms with van der Waals surface area (Å²) in [5, 5.41) is 5.53. The summed E-state index contributed by atoms with van der Waals surface area (Å²) in [6, 6.07) is 23.2. The van der Waals surface area contributed by atoms with E-state index in [-0.39, 0.29) is 24.2 Å². The van der Waals surface area contributed by atoms with E-state index < -0.39 is 0 Å². The molecule has 8 nitrogen and oxygen atoms in total. The number of nitrogens with one attached hydrogen (secondary N) is 2. The highest BCUT2D eigenvalue weighted by atomic mass is 16.5. The summed E-state index contributed by atoms with van der Waals surface area (Å²) in [6.07, 6.45) is 3.16. The Kier molecular flexibility index (Phi) is 7.53. The third-order valence-electron chi connectivity index (χ3n) is 4.73. The van der Waals surface area contributed by atoms with Crippen molar-refractivity contribution >= 4 is 17.5 Å². The van der Waals surface area contributed by atoms with Gasteiger partial charge in [-0.3, -0.25) is 14.6 Å². The molecule has 172 valence electrons. The van der Waals surface area contributed by atoms with Gasteiger partial charge in [0.25, 0.3) is 11.8 Å². The average molecular weight is 457 g/mol. The third kappa shape index (κ3) is 6.70. The summed E-state index contributed by atoms with van der Waals surface area (Å²) in [5.41, 5.74) is 2.31. The molecule has 2 amide bonds. The number of carbonyl (C=O) groups excluding carboxylic acids is 2. The van der Waals surface area contributed by atoms with E-state index in [0.717, 1.165) is 17.0 Å². The average Bonchev–Trinajstić information content (AvgIpc) is 3.42. The Morgan fingerprint density at radius 2 is 1.76 bits per heavy atom. The van der Waals surface area contributed by atoms with Crippen LogP contribution in [-0.2, 0) is 17.9 Å². The fourth-order valence-electron chi connectivity index (χ4n) is 3.01. The highest BCUT2D eigenvalue weighted by Gasteiger charge is 2.10. The van der Waals surface area contributed by atoms with Gasteiger partial charge in [-0.25, -0.2) is 0 Å².